The summed E-state index contributed by atoms with van der Waals surface area (Å²) in [4.78, 5) is 18.5. The zero-order valence-electron chi connectivity index (χ0n) is 17.2. The van der Waals surface area contributed by atoms with Crippen LogP contribution in [0.25, 0.3) is 11.1 Å². The molecular formula is C25H27N3O2. The number of aryl methyl sites for hydroxylation is 1. The zero-order valence-corrected chi connectivity index (χ0v) is 17.2. The predicted molar refractivity (Wildman–Crippen MR) is 118 cm³/mol. The average Bonchev–Trinajstić information content (AvgIpc) is 2.77. The van der Waals surface area contributed by atoms with Crippen LogP contribution in [0.15, 0.2) is 73.1 Å². The van der Waals surface area contributed by atoms with Gasteiger partial charge in [-0.15, -0.1) is 0 Å². The highest BCUT2D eigenvalue weighted by molar-refractivity contribution is 5.94. The molecule has 1 amide bonds. The molecule has 0 saturated carbocycles. The number of piperidine rings is 1. The number of hydrogen-bond acceptors (Lipinski definition) is 4. The van der Waals surface area contributed by atoms with Crippen LogP contribution in [-0.2, 0) is 6.54 Å². The molecule has 1 aliphatic heterocycles. The van der Waals surface area contributed by atoms with Crippen LogP contribution in [0.4, 0.5) is 0 Å². The first-order valence-corrected chi connectivity index (χ1v) is 10.4. The van der Waals surface area contributed by atoms with E-state index >= 15 is 0 Å². The summed E-state index contributed by atoms with van der Waals surface area (Å²) in [5, 5.41) is 13.5. The van der Waals surface area contributed by atoms with Crippen molar-refractivity contribution in [1.29, 1.82) is 0 Å². The highest BCUT2D eigenvalue weighted by Gasteiger charge is 2.29. The second kappa shape index (κ2) is 9.20. The molecule has 0 bridgehead atoms. The quantitative estimate of drug-likeness (QED) is 0.688. The van der Waals surface area contributed by atoms with Crippen LogP contribution >= 0.6 is 0 Å². The third kappa shape index (κ3) is 4.93. The van der Waals surface area contributed by atoms with Crippen molar-refractivity contribution in [3.63, 3.8) is 0 Å². The third-order valence-electron chi connectivity index (χ3n) is 5.64. The number of nitrogens with zero attached hydrogens (tertiary/aromatic N) is 2. The van der Waals surface area contributed by atoms with Crippen LogP contribution in [0.5, 0.6) is 0 Å². The fourth-order valence-electron chi connectivity index (χ4n) is 3.95. The second-order valence-corrected chi connectivity index (χ2v) is 7.97. The van der Waals surface area contributed by atoms with Crippen LogP contribution in [0.3, 0.4) is 0 Å². The van der Waals surface area contributed by atoms with Gasteiger partial charge in [0.1, 0.15) is 0 Å². The maximum Gasteiger partial charge on any atom is 0.251 e. The largest absolute Gasteiger partial charge is 0.390 e. The molecule has 1 fully saturated rings. The number of rotatable bonds is 5. The lowest BCUT2D eigenvalue weighted by molar-refractivity contribution is 0.0349. The molecule has 5 nitrogen and oxygen atoms in total. The third-order valence-corrected chi connectivity index (χ3v) is 5.64. The normalized spacial score (nSPS) is 19.4. The smallest absolute Gasteiger partial charge is 0.251 e. The van der Waals surface area contributed by atoms with Crippen LogP contribution in [-0.4, -0.2) is 46.1 Å². The highest BCUT2D eigenvalue weighted by atomic mass is 16.3. The molecule has 154 valence electrons. The van der Waals surface area contributed by atoms with Gasteiger partial charge in [-0.25, -0.2) is 0 Å². The van der Waals surface area contributed by atoms with E-state index in [-0.39, 0.29) is 11.9 Å². The monoisotopic (exact) mass is 401 g/mol. The maximum absolute atomic E-state index is 12.3. The fraction of sp³-hybridized carbons (Fsp3) is 0.280. The van der Waals surface area contributed by atoms with Crippen LogP contribution < -0.4 is 5.32 Å². The molecular weight excluding hydrogens is 374 g/mol. The number of pyridine rings is 1. The van der Waals surface area contributed by atoms with Gasteiger partial charge < -0.3 is 10.4 Å². The van der Waals surface area contributed by atoms with E-state index in [4.69, 9.17) is 0 Å². The van der Waals surface area contributed by atoms with Gasteiger partial charge in [-0.3, -0.25) is 14.7 Å². The van der Waals surface area contributed by atoms with Gasteiger partial charge in [0, 0.05) is 37.6 Å². The molecule has 2 aromatic carbocycles. The standard InChI is InChI=1S/C25H27N3O2/c1-18-3-2-4-22(15-18)20-7-5-19(6-8-20)16-28-14-11-23(24(29)17-28)27-25(30)21-9-12-26-13-10-21/h2-10,12-13,15,23-24,29H,11,14,16-17H2,1H3,(H,27,30). The molecule has 2 N–H and O–H groups in total. The molecule has 0 radical (unpaired) electrons. The van der Waals surface area contributed by atoms with E-state index in [1.807, 2.05) is 0 Å². The van der Waals surface area contributed by atoms with Crippen LogP contribution in [0.2, 0.25) is 0 Å². The van der Waals surface area contributed by atoms with Gasteiger partial charge in [-0.05, 0) is 42.2 Å². The summed E-state index contributed by atoms with van der Waals surface area (Å²) in [5.41, 5.74) is 5.47. The number of likely N-dealkylation sites (tertiary alicyclic amines) is 1. The summed E-state index contributed by atoms with van der Waals surface area (Å²) in [5.74, 6) is -0.165. The number of carbonyl (C=O) groups excluding carboxylic acids is 1. The van der Waals surface area contributed by atoms with Crippen molar-refractivity contribution in [2.75, 3.05) is 13.1 Å². The summed E-state index contributed by atoms with van der Waals surface area (Å²) < 4.78 is 0. The summed E-state index contributed by atoms with van der Waals surface area (Å²) in [6, 6.07) is 20.2. The summed E-state index contributed by atoms with van der Waals surface area (Å²) in [6.07, 6.45) is 3.33. The molecule has 3 aromatic rings. The molecule has 0 aliphatic carbocycles. The molecule has 1 aromatic heterocycles. The Morgan fingerprint density at radius 2 is 1.87 bits per heavy atom. The van der Waals surface area contributed by atoms with E-state index in [9.17, 15) is 9.90 Å². The number of nitrogens with one attached hydrogen (secondary N) is 1. The van der Waals surface area contributed by atoms with Crippen molar-refractivity contribution >= 4 is 5.91 Å². The number of aliphatic hydroxyl groups excluding tert-OH is 1. The topological polar surface area (TPSA) is 65.5 Å². The van der Waals surface area contributed by atoms with Gasteiger partial charge in [0.25, 0.3) is 5.91 Å². The number of benzene rings is 2. The SMILES string of the molecule is Cc1cccc(-c2ccc(CN3CCC(NC(=O)c4ccncc4)C(O)C3)cc2)c1. The molecule has 0 spiro atoms. The summed E-state index contributed by atoms with van der Waals surface area (Å²) in [6.45, 7) is 4.27. The maximum atomic E-state index is 12.3. The molecule has 2 atom stereocenters. The Morgan fingerprint density at radius 3 is 2.57 bits per heavy atom. The van der Waals surface area contributed by atoms with Gasteiger partial charge >= 0.3 is 0 Å². The zero-order chi connectivity index (χ0) is 20.9. The lowest BCUT2D eigenvalue weighted by atomic mass is 9.99. The first-order chi connectivity index (χ1) is 14.6. The van der Waals surface area contributed by atoms with Gasteiger partial charge in [-0.2, -0.15) is 0 Å². The molecule has 1 aliphatic rings. The molecule has 2 heterocycles. The molecule has 4 rings (SSSR count). The lowest BCUT2D eigenvalue weighted by Crippen LogP contribution is -2.53. The minimum absolute atomic E-state index is 0.165. The van der Waals surface area contributed by atoms with E-state index in [0.717, 1.165) is 19.5 Å². The van der Waals surface area contributed by atoms with Crippen molar-refractivity contribution in [2.24, 2.45) is 0 Å². The summed E-state index contributed by atoms with van der Waals surface area (Å²) >= 11 is 0. The number of hydrogen-bond donors (Lipinski definition) is 2. The van der Waals surface area contributed by atoms with Crippen LogP contribution in [0.1, 0.15) is 27.9 Å². The Kier molecular flexibility index (Phi) is 6.21. The molecule has 1 saturated heterocycles. The van der Waals surface area contributed by atoms with Crippen molar-refractivity contribution in [2.45, 2.75) is 32.0 Å². The number of aromatic nitrogens is 1. The predicted octanol–water partition coefficient (Wildman–Crippen LogP) is 3.42. The second-order valence-electron chi connectivity index (χ2n) is 7.97. The number of amides is 1. The van der Waals surface area contributed by atoms with Gasteiger partial charge in [0.15, 0.2) is 0 Å². The Labute approximate surface area is 177 Å². The van der Waals surface area contributed by atoms with Crippen molar-refractivity contribution in [3.8, 4) is 11.1 Å². The van der Waals surface area contributed by atoms with E-state index < -0.39 is 6.10 Å². The molecule has 5 heteroatoms. The van der Waals surface area contributed by atoms with Crippen LogP contribution in [0, 0.1) is 6.92 Å². The van der Waals surface area contributed by atoms with Crippen molar-refractivity contribution < 1.29 is 9.90 Å². The minimum Gasteiger partial charge on any atom is -0.390 e. The fourth-order valence-corrected chi connectivity index (χ4v) is 3.95. The first kappa shape index (κ1) is 20.3. The van der Waals surface area contributed by atoms with Crippen molar-refractivity contribution in [3.05, 3.63) is 89.7 Å². The lowest BCUT2D eigenvalue weighted by Gasteiger charge is -2.36. The molecule has 2 unspecified atom stereocenters. The summed E-state index contributed by atoms with van der Waals surface area (Å²) in [7, 11) is 0. The van der Waals surface area contributed by atoms with Gasteiger partial charge in [0.05, 0.1) is 12.1 Å². The number of aliphatic hydroxyl groups is 1. The highest BCUT2D eigenvalue weighted by Crippen LogP contribution is 2.22. The van der Waals surface area contributed by atoms with E-state index in [2.05, 4.69) is 70.7 Å². The van der Waals surface area contributed by atoms with E-state index in [1.165, 1.54) is 22.3 Å². The van der Waals surface area contributed by atoms with Gasteiger partial charge in [-0.1, -0.05) is 54.1 Å². The molecule has 30 heavy (non-hydrogen) atoms. The Bertz CT molecular complexity index is 989. The number of carbonyl (C=O) groups is 1. The number of β-amino-alcohol motifs (C(OH)–C–C–N with tert-alkyl or cyclic N) is 1. The van der Waals surface area contributed by atoms with E-state index in [0.29, 0.717) is 12.1 Å². The average molecular weight is 402 g/mol. The minimum atomic E-state index is -0.587. The van der Waals surface area contributed by atoms with E-state index in [1.54, 1.807) is 24.5 Å². The van der Waals surface area contributed by atoms with Crippen molar-refractivity contribution in [1.82, 2.24) is 15.2 Å². The Morgan fingerprint density at radius 1 is 1.10 bits per heavy atom. The Balaban J connectivity index is 1.32. The first-order valence-electron chi connectivity index (χ1n) is 10.4. The van der Waals surface area contributed by atoms with Gasteiger partial charge in [0.2, 0.25) is 0 Å². The Hall–Kier alpha value is -3.02.